The molecule has 0 unspecified atom stereocenters. The van der Waals surface area contributed by atoms with Gasteiger partial charge in [0.15, 0.2) is 12.2 Å². The van der Waals surface area contributed by atoms with E-state index in [0.29, 0.717) is 16.5 Å². The van der Waals surface area contributed by atoms with Crippen molar-refractivity contribution in [2.24, 2.45) is 0 Å². The van der Waals surface area contributed by atoms with Gasteiger partial charge >= 0.3 is 0 Å². The number of benzene rings is 1. The van der Waals surface area contributed by atoms with Crippen LogP contribution in [0.4, 0.5) is 0 Å². The predicted octanol–water partition coefficient (Wildman–Crippen LogP) is 3.25. The van der Waals surface area contributed by atoms with Gasteiger partial charge in [0.05, 0.1) is 11.6 Å². The Morgan fingerprint density at radius 1 is 1.47 bits per heavy atom. The first-order valence-electron chi connectivity index (χ1n) is 4.21. The Morgan fingerprint density at radius 3 is 2.93 bits per heavy atom. The molecule has 0 bridgehead atoms. The van der Waals surface area contributed by atoms with E-state index in [-0.39, 0.29) is 6.61 Å². The Kier molecular flexibility index (Phi) is 3.09. The van der Waals surface area contributed by atoms with Gasteiger partial charge in [0, 0.05) is 10.0 Å². The number of hydrogen-bond donors (Lipinski definition) is 1. The molecule has 1 aromatic carbocycles. The topological polar surface area (TPSA) is 46.3 Å². The van der Waals surface area contributed by atoms with Gasteiger partial charge in [-0.15, -0.1) is 0 Å². The van der Waals surface area contributed by atoms with Gasteiger partial charge in [0.1, 0.15) is 5.69 Å². The maximum absolute atomic E-state index is 9.04. The van der Waals surface area contributed by atoms with Crippen LogP contribution in [-0.4, -0.2) is 10.1 Å². The van der Waals surface area contributed by atoms with Crippen LogP contribution in [0.15, 0.2) is 33.5 Å². The standard InChI is InChI=1S/C10H7BrClNO2/c11-6-1-2-7(8(12)3-6)10-9(4-14)13-5-15-10/h1-3,5,14H,4H2. The molecule has 2 aromatic rings. The number of halogens is 2. The molecule has 0 fully saturated rings. The number of nitrogens with zero attached hydrogens (tertiary/aromatic N) is 1. The van der Waals surface area contributed by atoms with Gasteiger partial charge in [-0.05, 0) is 18.2 Å². The Bertz CT molecular complexity index is 484. The third-order valence-corrected chi connectivity index (χ3v) is 2.77. The van der Waals surface area contributed by atoms with Crippen molar-refractivity contribution in [2.75, 3.05) is 0 Å². The molecule has 0 amide bonds. The Hall–Kier alpha value is -0.840. The first-order chi connectivity index (χ1) is 7.22. The van der Waals surface area contributed by atoms with Gasteiger partial charge in [-0.1, -0.05) is 27.5 Å². The molecular formula is C10H7BrClNO2. The molecule has 1 heterocycles. The molecule has 0 spiro atoms. The van der Waals surface area contributed by atoms with E-state index in [1.54, 1.807) is 6.07 Å². The van der Waals surface area contributed by atoms with Gasteiger partial charge in [0.25, 0.3) is 0 Å². The summed E-state index contributed by atoms with van der Waals surface area (Å²) >= 11 is 9.37. The molecule has 0 aliphatic carbocycles. The molecule has 2 rings (SSSR count). The Balaban J connectivity index is 2.54. The van der Waals surface area contributed by atoms with Crippen molar-refractivity contribution in [3.8, 4) is 11.3 Å². The monoisotopic (exact) mass is 287 g/mol. The van der Waals surface area contributed by atoms with Gasteiger partial charge in [-0.25, -0.2) is 4.98 Å². The normalized spacial score (nSPS) is 10.6. The highest BCUT2D eigenvalue weighted by molar-refractivity contribution is 9.10. The molecule has 0 aliphatic heterocycles. The lowest BCUT2D eigenvalue weighted by Gasteiger charge is -2.02. The molecule has 0 saturated carbocycles. The quantitative estimate of drug-likeness (QED) is 0.922. The molecule has 3 nitrogen and oxygen atoms in total. The van der Waals surface area contributed by atoms with E-state index in [9.17, 15) is 0 Å². The van der Waals surface area contributed by atoms with Crippen molar-refractivity contribution < 1.29 is 9.52 Å². The molecule has 1 N–H and O–H groups in total. The Labute approximate surface area is 99.8 Å². The molecule has 0 radical (unpaired) electrons. The minimum Gasteiger partial charge on any atom is -0.443 e. The number of oxazole rings is 1. The highest BCUT2D eigenvalue weighted by Gasteiger charge is 2.13. The summed E-state index contributed by atoms with van der Waals surface area (Å²) in [6.45, 7) is -0.168. The van der Waals surface area contributed by atoms with Crippen molar-refractivity contribution >= 4 is 27.5 Å². The summed E-state index contributed by atoms with van der Waals surface area (Å²) in [4.78, 5) is 3.89. The lowest BCUT2D eigenvalue weighted by Crippen LogP contribution is -1.87. The van der Waals surface area contributed by atoms with Crippen LogP contribution in [0.5, 0.6) is 0 Å². The summed E-state index contributed by atoms with van der Waals surface area (Å²) < 4.78 is 6.08. The van der Waals surface area contributed by atoms with Crippen molar-refractivity contribution in [2.45, 2.75) is 6.61 Å². The lowest BCUT2D eigenvalue weighted by molar-refractivity contribution is 0.277. The molecule has 78 valence electrons. The smallest absolute Gasteiger partial charge is 0.181 e. The molecule has 15 heavy (non-hydrogen) atoms. The van der Waals surface area contributed by atoms with Crippen molar-refractivity contribution in [1.29, 1.82) is 0 Å². The SMILES string of the molecule is OCc1ncoc1-c1ccc(Br)cc1Cl. The van der Waals surface area contributed by atoms with Crippen LogP contribution in [0.2, 0.25) is 5.02 Å². The summed E-state index contributed by atoms with van der Waals surface area (Å²) in [5.74, 6) is 0.509. The molecule has 0 atom stereocenters. The van der Waals surface area contributed by atoms with Gasteiger partial charge in [-0.2, -0.15) is 0 Å². The second-order valence-electron chi connectivity index (χ2n) is 2.91. The average molecular weight is 289 g/mol. The fraction of sp³-hybridized carbons (Fsp3) is 0.100. The number of hydrogen-bond acceptors (Lipinski definition) is 3. The van der Waals surface area contributed by atoms with Crippen LogP contribution in [-0.2, 0) is 6.61 Å². The van der Waals surface area contributed by atoms with Crippen LogP contribution < -0.4 is 0 Å². The van der Waals surface area contributed by atoms with Crippen LogP contribution >= 0.6 is 27.5 Å². The van der Waals surface area contributed by atoms with E-state index >= 15 is 0 Å². The van der Waals surface area contributed by atoms with Crippen LogP contribution in [0.1, 0.15) is 5.69 Å². The average Bonchev–Trinajstić information content (AvgIpc) is 2.65. The molecule has 5 heteroatoms. The minimum absolute atomic E-state index is 0.168. The zero-order valence-electron chi connectivity index (χ0n) is 7.58. The number of aliphatic hydroxyl groups is 1. The highest BCUT2D eigenvalue weighted by Crippen LogP contribution is 2.32. The summed E-state index contributed by atoms with van der Waals surface area (Å²) in [5, 5.41) is 9.59. The van der Waals surface area contributed by atoms with Crippen molar-refractivity contribution in [3.05, 3.63) is 39.8 Å². The maximum atomic E-state index is 9.04. The van der Waals surface area contributed by atoms with Crippen LogP contribution in [0, 0.1) is 0 Å². The van der Waals surface area contributed by atoms with E-state index in [2.05, 4.69) is 20.9 Å². The van der Waals surface area contributed by atoms with Crippen molar-refractivity contribution in [1.82, 2.24) is 4.98 Å². The van der Waals surface area contributed by atoms with Crippen LogP contribution in [0.25, 0.3) is 11.3 Å². The predicted molar refractivity (Wildman–Crippen MR) is 60.6 cm³/mol. The second kappa shape index (κ2) is 4.35. The van der Waals surface area contributed by atoms with E-state index in [1.807, 2.05) is 12.1 Å². The summed E-state index contributed by atoms with van der Waals surface area (Å²) in [7, 11) is 0. The number of rotatable bonds is 2. The van der Waals surface area contributed by atoms with E-state index in [4.69, 9.17) is 21.1 Å². The number of aliphatic hydroxyl groups excluding tert-OH is 1. The largest absolute Gasteiger partial charge is 0.443 e. The third-order valence-electron chi connectivity index (χ3n) is 1.97. The fourth-order valence-corrected chi connectivity index (χ4v) is 2.03. The van der Waals surface area contributed by atoms with Gasteiger partial charge in [0.2, 0.25) is 0 Å². The zero-order valence-corrected chi connectivity index (χ0v) is 9.92. The first kappa shape index (κ1) is 10.7. The Morgan fingerprint density at radius 2 is 2.27 bits per heavy atom. The molecular weight excluding hydrogens is 281 g/mol. The summed E-state index contributed by atoms with van der Waals surface area (Å²) in [6.07, 6.45) is 1.29. The van der Waals surface area contributed by atoms with Gasteiger partial charge in [-0.3, -0.25) is 0 Å². The highest BCUT2D eigenvalue weighted by atomic mass is 79.9. The zero-order chi connectivity index (χ0) is 10.8. The molecule has 0 saturated heterocycles. The van der Waals surface area contributed by atoms with E-state index in [0.717, 1.165) is 10.0 Å². The lowest BCUT2D eigenvalue weighted by atomic mass is 10.1. The maximum Gasteiger partial charge on any atom is 0.181 e. The van der Waals surface area contributed by atoms with Crippen molar-refractivity contribution in [3.63, 3.8) is 0 Å². The molecule has 0 aliphatic rings. The van der Waals surface area contributed by atoms with E-state index in [1.165, 1.54) is 6.39 Å². The minimum atomic E-state index is -0.168. The number of aromatic nitrogens is 1. The third kappa shape index (κ3) is 2.07. The van der Waals surface area contributed by atoms with Gasteiger partial charge < -0.3 is 9.52 Å². The fourth-order valence-electron chi connectivity index (χ4n) is 1.27. The first-order valence-corrected chi connectivity index (χ1v) is 5.38. The second-order valence-corrected chi connectivity index (χ2v) is 4.23. The van der Waals surface area contributed by atoms with E-state index < -0.39 is 0 Å². The summed E-state index contributed by atoms with van der Waals surface area (Å²) in [5.41, 5.74) is 1.21. The van der Waals surface area contributed by atoms with Crippen LogP contribution in [0.3, 0.4) is 0 Å². The molecule has 1 aromatic heterocycles. The summed E-state index contributed by atoms with van der Waals surface area (Å²) in [6, 6.07) is 5.43.